The van der Waals surface area contributed by atoms with Gasteiger partial charge in [-0.3, -0.25) is 0 Å². The van der Waals surface area contributed by atoms with Crippen LogP contribution in [0.4, 0.5) is 0 Å². The minimum absolute atomic E-state index is 0.485. The lowest BCUT2D eigenvalue weighted by atomic mass is 9.87. The molecule has 0 radical (unpaired) electrons. The second-order valence-electron chi connectivity index (χ2n) is 5.61. The lowest BCUT2D eigenvalue weighted by Gasteiger charge is -2.33. The van der Waals surface area contributed by atoms with Gasteiger partial charge in [0.1, 0.15) is 0 Å². The highest BCUT2D eigenvalue weighted by Crippen LogP contribution is 2.33. The van der Waals surface area contributed by atoms with Gasteiger partial charge in [0.25, 0.3) is 0 Å². The molecule has 1 aliphatic carbocycles. The molecule has 0 aromatic carbocycles. The first-order chi connectivity index (χ1) is 7.68. The average Bonchev–Trinajstić information content (AvgIpc) is 2.82. The van der Waals surface area contributed by atoms with Crippen LogP contribution in [-0.4, -0.2) is 34.8 Å². The van der Waals surface area contributed by atoms with Crippen molar-refractivity contribution in [2.45, 2.75) is 57.1 Å². The molecule has 0 aromatic rings. The Labute approximate surface area is 104 Å². The van der Waals surface area contributed by atoms with Crippen LogP contribution in [0.15, 0.2) is 0 Å². The summed E-state index contributed by atoms with van der Waals surface area (Å²) >= 11 is 2.05. The van der Waals surface area contributed by atoms with Gasteiger partial charge in [0.2, 0.25) is 0 Å². The first-order valence-corrected chi connectivity index (χ1v) is 7.87. The van der Waals surface area contributed by atoms with Gasteiger partial charge in [0, 0.05) is 12.6 Å². The Bertz CT molecular complexity index is 208. The van der Waals surface area contributed by atoms with Gasteiger partial charge in [-0.2, -0.15) is 11.8 Å². The van der Waals surface area contributed by atoms with Crippen molar-refractivity contribution in [3.05, 3.63) is 0 Å². The fourth-order valence-electron chi connectivity index (χ4n) is 2.94. The van der Waals surface area contributed by atoms with E-state index in [-0.39, 0.29) is 0 Å². The standard InChI is InChI=1S/C13H25NOS/c1-13(15,11-4-2-3-5-11)10-14-12-6-8-16-9-7-12/h11-12,14-15H,2-10H2,1H3. The fourth-order valence-corrected chi connectivity index (χ4v) is 4.05. The molecule has 1 atom stereocenters. The zero-order valence-corrected chi connectivity index (χ0v) is 11.2. The second kappa shape index (κ2) is 5.74. The van der Waals surface area contributed by atoms with E-state index in [0.717, 1.165) is 6.54 Å². The van der Waals surface area contributed by atoms with Crippen molar-refractivity contribution in [2.75, 3.05) is 18.1 Å². The lowest BCUT2D eigenvalue weighted by molar-refractivity contribution is -0.0000528. The quantitative estimate of drug-likeness (QED) is 0.795. The Kier molecular flexibility index (Phi) is 4.57. The molecule has 94 valence electrons. The van der Waals surface area contributed by atoms with Crippen LogP contribution in [0.1, 0.15) is 45.4 Å². The Morgan fingerprint density at radius 1 is 1.19 bits per heavy atom. The summed E-state index contributed by atoms with van der Waals surface area (Å²) in [5.41, 5.74) is -0.485. The van der Waals surface area contributed by atoms with Crippen LogP contribution in [0.3, 0.4) is 0 Å². The maximum atomic E-state index is 10.5. The van der Waals surface area contributed by atoms with E-state index in [9.17, 15) is 5.11 Å². The number of aliphatic hydroxyl groups is 1. The molecule has 1 saturated carbocycles. The molecule has 16 heavy (non-hydrogen) atoms. The Morgan fingerprint density at radius 3 is 2.44 bits per heavy atom. The van der Waals surface area contributed by atoms with E-state index < -0.39 is 5.60 Å². The second-order valence-corrected chi connectivity index (χ2v) is 6.83. The monoisotopic (exact) mass is 243 g/mol. The lowest BCUT2D eigenvalue weighted by Crippen LogP contribution is -2.47. The molecule has 2 aliphatic rings. The van der Waals surface area contributed by atoms with E-state index in [2.05, 4.69) is 17.1 Å². The van der Waals surface area contributed by atoms with Crippen molar-refractivity contribution in [2.24, 2.45) is 5.92 Å². The molecule has 0 aromatic heterocycles. The highest BCUT2D eigenvalue weighted by Gasteiger charge is 2.34. The van der Waals surface area contributed by atoms with Crippen molar-refractivity contribution in [1.29, 1.82) is 0 Å². The van der Waals surface area contributed by atoms with Crippen LogP contribution in [0.2, 0.25) is 0 Å². The summed E-state index contributed by atoms with van der Waals surface area (Å²) in [4.78, 5) is 0. The third kappa shape index (κ3) is 3.38. The van der Waals surface area contributed by atoms with Crippen molar-refractivity contribution in [3.8, 4) is 0 Å². The summed E-state index contributed by atoms with van der Waals surface area (Å²) in [6.07, 6.45) is 7.59. The smallest absolute Gasteiger partial charge is 0.0771 e. The number of hydrogen-bond donors (Lipinski definition) is 2. The van der Waals surface area contributed by atoms with E-state index in [1.54, 1.807) is 0 Å². The topological polar surface area (TPSA) is 32.3 Å². The minimum Gasteiger partial charge on any atom is -0.389 e. The molecule has 2 fully saturated rings. The predicted molar refractivity (Wildman–Crippen MR) is 70.9 cm³/mol. The summed E-state index contributed by atoms with van der Waals surface area (Å²) < 4.78 is 0. The molecular formula is C13H25NOS. The van der Waals surface area contributed by atoms with Crippen LogP contribution in [0.25, 0.3) is 0 Å². The van der Waals surface area contributed by atoms with Crippen molar-refractivity contribution >= 4 is 11.8 Å². The van der Waals surface area contributed by atoms with Gasteiger partial charge in [-0.1, -0.05) is 12.8 Å². The van der Waals surface area contributed by atoms with Gasteiger partial charge >= 0.3 is 0 Å². The summed E-state index contributed by atoms with van der Waals surface area (Å²) in [6.45, 7) is 2.81. The van der Waals surface area contributed by atoms with E-state index >= 15 is 0 Å². The first kappa shape index (κ1) is 12.7. The molecule has 1 saturated heterocycles. The number of rotatable bonds is 4. The maximum absolute atomic E-state index is 10.5. The highest BCUT2D eigenvalue weighted by molar-refractivity contribution is 7.99. The Balaban J connectivity index is 1.74. The van der Waals surface area contributed by atoms with Crippen molar-refractivity contribution < 1.29 is 5.11 Å². The van der Waals surface area contributed by atoms with Gasteiger partial charge in [-0.25, -0.2) is 0 Å². The zero-order valence-electron chi connectivity index (χ0n) is 10.4. The van der Waals surface area contributed by atoms with Gasteiger partial charge < -0.3 is 10.4 Å². The van der Waals surface area contributed by atoms with Crippen molar-refractivity contribution in [1.82, 2.24) is 5.32 Å². The molecule has 0 bridgehead atoms. The number of hydrogen-bond acceptors (Lipinski definition) is 3. The molecule has 1 aliphatic heterocycles. The molecule has 1 unspecified atom stereocenters. The summed E-state index contributed by atoms with van der Waals surface area (Å²) in [5, 5.41) is 14.1. The Hall–Kier alpha value is 0.270. The van der Waals surface area contributed by atoms with Gasteiger partial charge in [-0.15, -0.1) is 0 Å². The van der Waals surface area contributed by atoms with E-state index in [4.69, 9.17) is 0 Å². The molecular weight excluding hydrogens is 218 g/mol. The SMILES string of the molecule is CC(O)(CNC1CCSCC1)C1CCCC1. The van der Waals surface area contributed by atoms with E-state index in [1.807, 2.05) is 6.92 Å². The molecule has 1 heterocycles. The summed E-state index contributed by atoms with van der Waals surface area (Å²) in [7, 11) is 0. The third-order valence-electron chi connectivity index (χ3n) is 4.20. The van der Waals surface area contributed by atoms with E-state index in [1.165, 1.54) is 50.0 Å². The van der Waals surface area contributed by atoms with E-state index in [0.29, 0.717) is 12.0 Å². The van der Waals surface area contributed by atoms with Gasteiger partial charge in [-0.05, 0) is 50.0 Å². The zero-order chi connectivity index (χ0) is 11.4. The Morgan fingerprint density at radius 2 is 1.81 bits per heavy atom. The summed E-state index contributed by atoms with van der Waals surface area (Å²) in [6, 6.07) is 0.647. The molecule has 3 heteroatoms. The van der Waals surface area contributed by atoms with Crippen LogP contribution in [0, 0.1) is 5.92 Å². The molecule has 0 amide bonds. The minimum atomic E-state index is -0.485. The largest absolute Gasteiger partial charge is 0.389 e. The molecule has 2 rings (SSSR count). The van der Waals surface area contributed by atoms with Crippen LogP contribution >= 0.6 is 11.8 Å². The maximum Gasteiger partial charge on any atom is 0.0771 e. The van der Waals surface area contributed by atoms with Crippen LogP contribution < -0.4 is 5.32 Å². The fraction of sp³-hybridized carbons (Fsp3) is 1.00. The van der Waals surface area contributed by atoms with Gasteiger partial charge in [0.15, 0.2) is 0 Å². The molecule has 2 N–H and O–H groups in total. The normalized spacial score (nSPS) is 28.1. The first-order valence-electron chi connectivity index (χ1n) is 6.72. The molecule has 0 spiro atoms. The van der Waals surface area contributed by atoms with Crippen LogP contribution in [-0.2, 0) is 0 Å². The van der Waals surface area contributed by atoms with Crippen molar-refractivity contribution in [3.63, 3.8) is 0 Å². The average molecular weight is 243 g/mol. The number of thioether (sulfide) groups is 1. The predicted octanol–water partition coefficient (Wildman–Crippen LogP) is 2.41. The van der Waals surface area contributed by atoms with Gasteiger partial charge in [0.05, 0.1) is 5.60 Å². The summed E-state index contributed by atoms with van der Waals surface area (Å²) in [5.74, 6) is 3.09. The molecule has 2 nitrogen and oxygen atoms in total. The number of nitrogens with one attached hydrogen (secondary N) is 1. The highest BCUT2D eigenvalue weighted by atomic mass is 32.2. The third-order valence-corrected chi connectivity index (χ3v) is 5.25. The van der Waals surface area contributed by atoms with Crippen LogP contribution in [0.5, 0.6) is 0 Å².